The molecular weight excluding hydrogens is 222 g/mol. The highest BCUT2D eigenvalue weighted by atomic mass is 16.6. The van der Waals surface area contributed by atoms with Crippen LogP contribution in [0.2, 0.25) is 0 Å². The fourth-order valence-electron chi connectivity index (χ4n) is 1.95. The van der Waals surface area contributed by atoms with Crippen LogP contribution in [-0.2, 0) is 14.3 Å². The number of Topliss-reactive ketones (excluding diaryl/α,β-unsaturated/α-hetero) is 1. The Morgan fingerprint density at radius 3 is 2.88 bits per heavy atom. The Kier molecular flexibility index (Phi) is 5.41. The highest BCUT2D eigenvalue weighted by Crippen LogP contribution is 2.17. The zero-order valence-corrected chi connectivity index (χ0v) is 10.8. The molecule has 17 heavy (non-hydrogen) atoms. The number of likely N-dealkylation sites (tertiary alicyclic amines) is 1. The largest absolute Gasteiger partial charge is 0.444 e. The van der Waals surface area contributed by atoms with Crippen molar-refractivity contribution >= 4 is 11.9 Å². The van der Waals surface area contributed by atoms with Crippen molar-refractivity contribution < 1.29 is 19.1 Å². The highest BCUT2D eigenvalue weighted by molar-refractivity contribution is 5.83. The number of methoxy groups -OCH3 is 1. The van der Waals surface area contributed by atoms with Gasteiger partial charge >= 0.3 is 6.09 Å². The molecule has 0 bridgehead atoms. The molecule has 0 aliphatic carbocycles. The van der Waals surface area contributed by atoms with Crippen LogP contribution in [0.25, 0.3) is 0 Å². The van der Waals surface area contributed by atoms with Gasteiger partial charge in [0.2, 0.25) is 0 Å². The third-order valence-corrected chi connectivity index (χ3v) is 2.98. The summed E-state index contributed by atoms with van der Waals surface area (Å²) in [5, 5.41) is 0. The van der Waals surface area contributed by atoms with Gasteiger partial charge in [-0.1, -0.05) is 6.92 Å². The summed E-state index contributed by atoms with van der Waals surface area (Å²) in [6.07, 6.45) is 0.605. The van der Waals surface area contributed by atoms with Gasteiger partial charge in [0.15, 0.2) is 0 Å². The molecule has 1 fully saturated rings. The quantitative estimate of drug-likeness (QED) is 0.750. The standard InChI is InChI=1S/C12H21NO4/c1-4-10-7-13(6-5-11(10)14)12(15)17-9(2)8-16-3/h9-10H,4-8H2,1-3H3. The SMILES string of the molecule is CCC1CN(C(=O)OC(C)COC)CCC1=O. The molecule has 1 rings (SSSR count). The molecule has 1 amide bonds. The maximum Gasteiger partial charge on any atom is 0.410 e. The van der Waals surface area contributed by atoms with E-state index in [0.29, 0.717) is 26.1 Å². The number of nitrogens with zero attached hydrogens (tertiary/aromatic N) is 1. The predicted octanol–water partition coefficient (Wildman–Crippen LogP) is 1.46. The van der Waals surface area contributed by atoms with Crippen LogP contribution in [0, 0.1) is 5.92 Å². The lowest BCUT2D eigenvalue weighted by Crippen LogP contribution is -2.45. The van der Waals surface area contributed by atoms with E-state index in [1.54, 1.807) is 18.9 Å². The van der Waals surface area contributed by atoms with E-state index >= 15 is 0 Å². The van der Waals surface area contributed by atoms with Crippen LogP contribution in [0.1, 0.15) is 26.7 Å². The average molecular weight is 243 g/mol. The average Bonchev–Trinajstić information content (AvgIpc) is 2.29. The Bertz CT molecular complexity index is 280. The van der Waals surface area contributed by atoms with Crippen molar-refractivity contribution in [2.75, 3.05) is 26.8 Å². The molecule has 98 valence electrons. The number of rotatable bonds is 4. The topological polar surface area (TPSA) is 55.8 Å². The van der Waals surface area contributed by atoms with E-state index in [0.717, 1.165) is 6.42 Å². The molecule has 0 saturated carbocycles. The summed E-state index contributed by atoms with van der Waals surface area (Å²) in [6, 6.07) is 0. The third-order valence-electron chi connectivity index (χ3n) is 2.98. The van der Waals surface area contributed by atoms with Crippen LogP contribution in [0.5, 0.6) is 0 Å². The zero-order valence-electron chi connectivity index (χ0n) is 10.8. The third kappa shape index (κ3) is 4.00. The van der Waals surface area contributed by atoms with Crippen LogP contribution in [0.3, 0.4) is 0 Å². The molecule has 0 N–H and O–H groups in total. The fourth-order valence-corrected chi connectivity index (χ4v) is 1.95. The number of hydrogen-bond donors (Lipinski definition) is 0. The van der Waals surface area contributed by atoms with E-state index in [9.17, 15) is 9.59 Å². The van der Waals surface area contributed by atoms with Gasteiger partial charge in [0.05, 0.1) is 6.61 Å². The van der Waals surface area contributed by atoms with Crippen molar-refractivity contribution in [1.29, 1.82) is 0 Å². The minimum Gasteiger partial charge on any atom is -0.444 e. The first kappa shape index (κ1) is 14.0. The van der Waals surface area contributed by atoms with E-state index in [-0.39, 0.29) is 23.9 Å². The number of carbonyl (C=O) groups is 2. The second-order valence-electron chi connectivity index (χ2n) is 4.42. The molecule has 0 aromatic heterocycles. The normalized spacial score (nSPS) is 22.4. The number of amides is 1. The van der Waals surface area contributed by atoms with Gasteiger partial charge < -0.3 is 14.4 Å². The lowest BCUT2D eigenvalue weighted by molar-refractivity contribution is -0.125. The molecule has 1 saturated heterocycles. The van der Waals surface area contributed by atoms with Gasteiger partial charge in [-0.2, -0.15) is 0 Å². The number of carbonyl (C=O) groups excluding carboxylic acids is 2. The molecule has 0 aromatic carbocycles. The Labute approximate surface area is 102 Å². The van der Waals surface area contributed by atoms with E-state index in [1.807, 2.05) is 6.92 Å². The van der Waals surface area contributed by atoms with Crippen molar-refractivity contribution in [2.24, 2.45) is 5.92 Å². The molecule has 0 aromatic rings. The molecule has 1 aliphatic rings. The molecule has 1 heterocycles. The van der Waals surface area contributed by atoms with E-state index in [1.165, 1.54) is 0 Å². The molecule has 2 atom stereocenters. The fraction of sp³-hybridized carbons (Fsp3) is 0.833. The summed E-state index contributed by atoms with van der Waals surface area (Å²) in [7, 11) is 1.57. The summed E-state index contributed by atoms with van der Waals surface area (Å²) in [6.45, 7) is 5.08. The first-order chi connectivity index (χ1) is 8.08. The van der Waals surface area contributed by atoms with Crippen molar-refractivity contribution in [3.05, 3.63) is 0 Å². The van der Waals surface area contributed by atoms with E-state index in [2.05, 4.69) is 0 Å². The van der Waals surface area contributed by atoms with Gasteiger partial charge in [-0.3, -0.25) is 4.79 Å². The summed E-state index contributed by atoms with van der Waals surface area (Å²) in [4.78, 5) is 24.9. The van der Waals surface area contributed by atoms with Gasteiger partial charge in [-0.25, -0.2) is 4.79 Å². The first-order valence-corrected chi connectivity index (χ1v) is 6.05. The maximum atomic E-state index is 11.8. The van der Waals surface area contributed by atoms with Gasteiger partial charge in [-0.05, 0) is 13.3 Å². The minimum absolute atomic E-state index is 0.0333. The molecule has 5 nitrogen and oxygen atoms in total. The second-order valence-corrected chi connectivity index (χ2v) is 4.42. The Hall–Kier alpha value is -1.10. The lowest BCUT2D eigenvalue weighted by Gasteiger charge is -2.31. The highest BCUT2D eigenvalue weighted by Gasteiger charge is 2.29. The number of ether oxygens (including phenoxy) is 2. The van der Waals surface area contributed by atoms with Gasteiger partial charge in [-0.15, -0.1) is 0 Å². The summed E-state index contributed by atoms with van der Waals surface area (Å²) >= 11 is 0. The van der Waals surface area contributed by atoms with E-state index in [4.69, 9.17) is 9.47 Å². The summed E-state index contributed by atoms with van der Waals surface area (Å²) in [5.41, 5.74) is 0. The molecule has 5 heteroatoms. The number of piperidine rings is 1. The van der Waals surface area contributed by atoms with Gasteiger partial charge in [0.25, 0.3) is 0 Å². The minimum atomic E-state index is -0.347. The lowest BCUT2D eigenvalue weighted by atomic mass is 9.94. The Morgan fingerprint density at radius 1 is 1.59 bits per heavy atom. The van der Waals surface area contributed by atoms with Crippen molar-refractivity contribution in [1.82, 2.24) is 4.90 Å². The van der Waals surface area contributed by atoms with Gasteiger partial charge in [0, 0.05) is 32.5 Å². The second kappa shape index (κ2) is 6.59. The van der Waals surface area contributed by atoms with Crippen LogP contribution < -0.4 is 0 Å². The Morgan fingerprint density at radius 2 is 2.29 bits per heavy atom. The molecular formula is C12H21NO4. The smallest absolute Gasteiger partial charge is 0.410 e. The number of hydrogen-bond acceptors (Lipinski definition) is 4. The van der Waals surface area contributed by atoms with Crippen LogP contribution in [0.15, 0.2) is 0 Å². The first-order valence-electron chi connectivity index (χ1n) is 6.05. The Balaban J connectivity index is 2.44. The van der Waals surface area contributed by atoms with Gasteiger partial charge in [0.1, 0.15) is 11.9 Å². The van der Waals surface area contributed by atoms with Crippen LogP contribution >= 0.6 is 0 Å². The summed E-state index contributed by atoms with van der Waals surface area (Å²) in [5.74, 6) is 0.218. The molecule has 1 aliphatic heterocycles. The number of ketones is 1. The molecule has 2 unspecified atom stereocenters. The van der Waals surface area contributed by atoms with Crippen LogP contribution in [-0.4, -0.2) is 49.7 Å². The summed E-state index contributed by atoms with van der Waals surface area (Å²) < 4.78 is 10.1. The van der Waals surface area contributed by atoms with Crippen LogP contribution in [0.4, 0.5) is 4.79 Å². The van der Waals surface area contributed by atoms with Crippen molar-refractivity contribution in [3.8, 4) is 0 Å². The maximum absolute atomic E-state index is 11.8. The molecule has 0 radical (unpaired) electrons. The van der Waals surface area contributed by atoms with Crippen molar-refractivity contribution in [3.63, 3.8) is 0 Å². The molecule has 0 spiro atoms. The van der Waals surface area contributed by atoms with Crippen molar-refractivity contribution in [2.45, 2.75) is 32.8 Å². The monoisotopic (exact) mass is 243 g/mol. The van der Waals surface area contributed by atoms with E-state index < -0.39 is 0 Å². The predicted molar refractivity (Wildman–Crippen MR) is 62.8 cm³/mol. The zero-order chi connectivity index (χ0) is 12.8.